The third-order valence-corrected chi connectivity index (χ3v) is 4.37. The van der Waals surface area contributed by atoms with Crippen LogP contribution in [0.5, 0.6) is 17.2 Å². The van der Waals surface area contributed by atoms with Crippen molar-refractivity contribution in [2.75, 3.05) is 21.3 Å². The molecule has 1 aromatic rings. The lowest BCUT2D eigenvalue weighted by atomic mass is 9.81. The van der Waals surface area contributed by atoms with E-state index in [4.69, 9.17) is 20.1 Å². The summed E-state index contributed by atoms with van der Waals surface area (Å²) in [6.45, 7) is 0. The molecule has 0 amide bonds. The highest BCUT2D eigenvalue weighted by Gasteiger charge is 2.28. The lowest BCUT2D eigenvalue weighted by Gasteiger charge is -2.31. The maximum absolute atomic E-state index is 5.84. The third-order valence-electron chi connectivity index (χ3n) is 4.37. The molecule has 1 aromatic carbocycles. The van der Waals surface area contributed by atoms with Gasteiger partial charge in [-0.1, -0.05) is 19.3 Å². The summed E-state index contributed by atoms with van der Waals surface area (Å²) < 4.78 is 16.4. The van der Waals surface area contributed by atoms with Crippen LogP contribution in [0.3, 0.4) is 0 Å². The Morgan fingerprint density at radius 2 is 1.67 bits per heavy atom. The Bertz CT molecular complexity index is 459. The van der Waals surface area contributed by atoms with E-state index in [-0.39, 0.29) is 6.04 Å². The molecule has 2 rings (SSSR count). The molecule has 0 radical (unpaired) electrons. The number of ether oxygens (including phenoxy) is 3. The van der Waals surface area contributed by atoms with Crippen molar-refractivity contribution in [2.45, 2.75) is 38.1 Å². The maximum Gasteiger partial charge on any atom is 0.203 e. The van der Waals surface area contributed by atoms with E-state index in [1.54, 1.807) is 21.3 Å². The fourth-order valence-electron chi connectivity index (χ4n) is 3.32. The molecule has 0 saturated heterocycles. The summed E-state index contributed by atoms with van der Waals surface area (Å²) in [4.78, 5) is 0. The fraction of sp³-hybridized carbons (Fsp3) is 0.625. The largest absolute Gasteiger partial charge is 0.493 e. The van der Waals surface area contributed by atoms with E-state index in [0.717, 1.165) is 5.56 Å². The average Bonchev–Trinajstić information content (AvgIpc) is 2.55. The van der Waals surface area contributed by atoms with Gasteiger partial charge in [-0.25, -0.2) is 0 Å². The number of methoxy groups -OCH3 is 3. The Labute approximate surface area is 126 Å². The summed E-state index contributed by atoms with van der Waals surface area (Å²) in [6, 6.07) is 3.99. The zero-order valence-electron chi connectivity index (χ0n) is 13.1. The predicted octanol–water partition coefficient (Wildman–Crippen LogP) is 2.80. The summed E-state index contributed by atoms with van der Waals surface area (Å²) in [5, 5.41) is 0. The summed E-state index contributed by atoms with van der Waals surface area (Å²) >= 11 is 0. The zero-order valence-corrected chi connectivity index (χ0v) is 13.1. The molecule has 118 valence electrons. The van der Waals surface area contributed by atoms with Gasteiger partial charge >= 0.3 is 0 Å². The van der Waals surface area contributed by atoms with Crippen LogP contribution < -0.4 is 25.5 Å². The highest BCUT2D eigenvalue weighted by Crippen LogP contribution is 2.45. The third kappa shape index (κ3) is 3.24. The van der Waals surface area contributed by atoms with Crippen molar-refractivity contribution < 1.29 is 14.2 Å². The number of rotatable bonds is 6. The number of hydrazine groups is 1. The molecule has 0 aromatic heterocycles. The number of benzene rings is 1. The van der Waals surface area contributed by atoms with Crippen molar-refractivity contribution in [3.63, 3.8) is 0 Å². The number of nitrogens with one attached hydrogen (secondary N) is 1. The van der Waals surface area contributed by atoms with Crippen molar-refractivity contribution in [3.05, 3.63) is 17.7 Å². The molecule has 1 unspecified atom stereocenters. The molecule has 5 heteroatoms. The van der Waals surface area contributed by atoms with Gasteiger partial charge in [-0.05, 0) is 30.9 Å². The van der Waals surface area contributed by atoms with Crippen LogP contribution in [0.15, 0.2) is 12.1 Å². The second-order valence-electron chi connectivity index (χ2n) is 5.47. The Morgan fingerprint density at radius 3 is 2.19 bits per heavy atom. The number of nitrogens with two attached hydrogens (primary N) is 1. The standard InChI is InChI=1S/C16H26N2O3/c1-19-13-10-9-12(15(20-2)16(13)21-3)14(18-17)11-7-5-4-6-8-11/h9-11,14,18H,4-8,17H2,1-3H3. The fourth-order valence-corrected chi connectivity index (χ4v) is 3.32. The molecule has 0 aliphatic heterocycles. The summed E-state index contributed by atoms with van der Waals surface area (Å²) in [7, 11) is 4.89. The van der Waals surface area contributed by atoms with Gasteiger partial charge in [-0.2, -0.15) is 0 Å². The van der Waals surface area contributed by atoms with Crippen LogP contribution in [-0.4, -0.2) is 21.3 Å². The Hall–Kier alpha value is -1.46. The number of hydrogen-bond acceptors (Lipinski definition) is 5. The van der Waals surface area contributed by atoms with E-state index >= 15 is 0 Å². The predicted molar refractivity (Wildman–Crippen MR) is 82.7 cm³/mol. The first kappa shape index (κ1) is 15.9. The molecule has 3 N–H and O–H groups in total. The zero-order chi connectivity index (χ0) is 15.2. The van der Waals surface area contributed by atoms with E-state index in [2.05, 4.69) is 5.43 Å². The first-order chi connectivity index (χ1) is 10.3. The molecule has 1 aliphatic rings. The molecule has 1 saturated carbocycles. The van der Waals surface area contributed by atoms with Gasteiger partial charge in [0.15, 0.2) is 11.5 Å². The van der Waals surface area contributed by atoms with Crippen LogP contribution in [0.25, 0.3) is 0 Å². The lowest BCUT2D eigenvalue weighted by Crippen LogP contribution is -2.34. The molecule has 1 aliphatic carbocycles. The van der Waals surface area contributed by atoms with Crippen LogP contribution in [0.4, 0.5) is 0 Å². The Kier molecular flexibility index (Phi) is 5.70. The van der Waals surface area contributed by atoms with E-state index < -0.39 is 0 Å². The molecule has 1 atom stereocenters. The van der Waals surface area contributed by atoms with E-state index in [0.29, 0.717) is 23.2 Å². The average molecular weight is 294 g/mol. The Balaban J connectivity index is 2.40. The highest BCUT2D eigenvalue weighted by atomic mass is 16.5. The van der Waals surface area contributed by atoms with Gasteiger partial charge in [-0.3, -0.25) is 11.3 Å². The van der Waals surface area contributed by atoms with Gasteiger partial charge < -0.3 is 14.2 Å². The van der Waals surface area contributed by atoms with Crippen LogP contribution in [0.1, 0.15) is 43.7 Å². The summed E-state index contributed by atoms with van der Waals surface area (Å²) in [5.41, 5.74) is 4.01. The van der Waals surface area contributed by atoms with Crippen LogP contribution >= 0.6 is 0 Å². The molecule has 0 spiro atoms. The molecule has 21 heavy (non-hydrogen) atoms. The first-order valence-corrected chi connectivity index (χ1v) is 7.51. The van der Waals surface area contributed by atoms with Crippen molar-refractivity contribution in [3.8, 4) is 17.2 Å². The van der Waals surface area contributed by atoms with Gasteiger partial charge in [0.2, 0.25) is 5.75 Å². The smallest absolute Gasteiger partial charge is 0.203 e. The first-order valence-electron chi connectivity index (χ1n) is 7.51. The van der Waals surface area contributed by atoms with E-state index in [1.807, 2.05) is 12.1 Å². The van der Waals surface area contributed by atoms with Gasteiger partial charge in [0.05, 0.1) is 27.4 Å². The normalized spacial score (nSPS) is 17.3. The van der Waals surface area contributed by atoms with Crippen molar-refractivity contribution in [1.29, 1.82) is 0 Å². The highest BCUT2D eigenvalue weighted by molar-refractivity contribution is 5.56. The van der Waals surface area contributed by atoms with E-state index in [9.17, 15) is 0 Å². The van der Waals surface area contributed by atoms with Crippen LogP contribution in [0, 0.1) is 5.92 Å². The number of hydrogen-bond donors (Lipinski definition) is 2. The molecule has 0 heterocycles. The lowest BCUT2D eigenvalue weighted by molar-refractivity contribution is 0.262. The molecule has 5 nitrogen and oxygen atoms in total. The van der Waals surface area contributed by atoms with Crippen LogP contribution in [0.2, 0.25) is 0 Å². The second kappa shape index (κ2) is 7.52. The molecule has 1 fully saturated rings. The van der Waals surface area contributed by atoms with Crippen LogP contribution in [-0.2, 0) is 0 Å². The van der Waals surface area contributed by atoms with Crippen molar-refractivity contribution in [2.24, 2.45) is 11.8 Å². The monoisotopic (exact) mass is 294 g/mol. The van der Waals surface area contributed by atoms with Gasteiger partial charge in [0.25, 0.3) is 0 Å². The molecular formula is C16H26N2O3. The maximum atomic E-state index is 5.84. The van der Waals surface area contributed by atoms with Gasteiger partial charge in [0, 0.05) is 5.56 Å². The molecular weight excluding hydrogens is 268 g/mol. The SMILES string of the molecule is COc1ccc(C(NN)C2CCCCC2)c(OC)c1OC. The summed E-state index contributed by atoms with van der Waals surface area (Å²) in [6.07, 6.45) is 6.21. The van der Waals surface area contributed by atoms with Gasteiger partial charge in [-0.15, -0.1) is 0 Å². The van der Waals surface area contributed by atoms with Crippen molar-refractivity contribution >= 4 is 0 Å². The minimum absolute atomic E-state index is 0.0695. The second-order valence-corrected chi connectivity index (χ2v) is 5.47. The molecule has 0 bridgehead atoms. The quantitative estimate of drug-likeness (QED) is 0.624. The summed E-state index contributed by atoms with van der Waals surface area (Å²) in [5.74, 6) is 8.35. The van der Waals surface area contributed by atoms with E-state index in [1.165, 1.54) is 32.1 Å². The minimum Gasteiger partial charge on any atom is -0.493 e. The topological polar surface area (TPSA) is 65.7 Å². The minimum atomic E-state index is 0.0695. The Morgan fingerprint density at radius 1 is 1.00 bits per heavy atom. The van der Waals surface area contributed by atoms with Crippen molar-refractivity contribution in [1.82, 2.24) is 5.43 Å². The van der Waals surface area contributed by atoms with Gasteiger partial charge in [0.1, 0.15) is 0 Å².